The molecule has 1 aromatic rings. The molecular formula is C15H24N2O3. The number of hydrogen-bond donors (Lipinski definition) is 1. The van der Waals surface area contributed by atoms with Gasteiger partial charge in [-0.05, 0) is 38.8 Å². The van der Waals surface area contributed by atoms with Gasteiger partial charge < -0.3 is 14.6 Å². The Balaban J connectivity index is 2.73. The van der Waals surface area contributed by atoms with Crippen molar-refractivity contribution in [1.29, 1.82) is 0 Å². The Bertz CT molecular complexity index is 466. The van der Waals surface area contributed by atoms with Crippen molar-refractivity contribution in [2.24, 2.45) is 0 Å². The second kappa shape index (κ2) is 7.72. The fourth-order valence-electron chi connectivity index (χ4n) is 2.17. The molecule has 1 N–H and O–H groups in total. The summed E-state index contributed by atoms with van der Waals surface area (Å²) in [6, 6.07) is 1.96. The average molecular weight is 280 g/mol. The first-order valence-electron chi connectivity index (χ1n) is 7.11. The quantitative estimate of drug-likeness (QED) is 0.779. The minimum absolute atomic E-state index is 0.0906. The van der Waals surface area contributed by atoms with Gasteiger partial charge in [0.05, 0.1) is 6.61 Å². The highest BCUT2D eigenvalue weighted by Crippen LogP contribution is 2.11. The van der Waals surface area contributed by atoms with Crippen LogP contribution in [-0.2, 0) is 16.1 Å². The second-order valence-electron chi connectivity index (χ2n) is 4.95. The van der Waals surface area contributed by atoms with Gasteiger partial charge in [-0.15, -0.1) is 0 Å². The lowest BCUT2D eigenvalue weighted by molar-refractivity contribution is -0.122. The van der Waals surface area contributed by atoms with Crippen LogP contribution in [0.5, 0.6) is 0 Å². The van der Waals surface area contributed by atoms with Gasteiger partial charge in [0.25, 0.3) is 0 Å². The first-order chi connectivity index (χ1) is 9.49. The molecule has 0 aliphatic rings. The number of rotatable bonds is 7. The molecule has 1 atom stereocenters. The van der Waals surface area contributed by atoms with Gasteiger partial charge in [0.2, 0.25) is 5.91 Å². The van der Waals surface area contributed by atoms with Crippen molar-refractivity contribution in [2.75, 3.05) is 6.61 Å². The molecule has 1 aromatic heterocycles. The van der Waals surface area contributed by atoms with Gasteiger partial charge in [0.1, 0.15) is 12.2 Å². The molecule has 5 nitrogen and oxygen atoms in total. The fraction of sp³-hybridized carbons (Fsp3) is 0.600. The number of nitrogens with one attached hydrogen (secondary N) is 1. The van der Waals surface area contributed by atoms with Crippen LogP contribution in [0.15, 0.2) is 12.3 Å². The molecule has 0 saturated heterocycles. The summed E-state index contributed by atoms with van der Waals surface area (Å²) < 4.78 is 6.66. The van der Waals surface area contributed by atoms with E-state index >= 15 is 0 Å². The summed E-state index contributed by atoms with van der Waals surface area (Å²) in [6.07, 6.45) is 3.71. The summed E-state index contributed by atoms with van der Waals surface area (Å²) in [4.78, 5) is 23.8. The Morgan fingerprint density at radius 2 is 2.10 bits per heavy atom. The number of ether oxygens (including phenoxy) is 1. The summed E-state index contributed by atoms with van der Waals surface area (Å²) >= 11 is 0. The highest BCUT2D eigenvalue weighted by molar-refractivity contribution is 5.90. The van der Waals surface area contributed by atoms with E-state index in [1.54, 1.807) is 17.7 Å². The van der Waals surface area contributed by atoms with Crippen molar-refractivity contribution in [3.05, 3.63) is 23.5 Å². The second-order valence-corrected chi connectivity index (χ2v) is 4.95. The molecule has 0 spiro atoms. The van der Waals surface area contributed by atoms with Crippen molar-refractivity contribution in [3.8, 4) is 0 Å². The van der Waals surface area contributed by atoms with Gasteiger partial charge in [-0.3, -0.25) is 4.79 Å². The van der Waals surface area contributed by atoms with E-state index in [0.717, 1.165) is 18.4 Å². The van der Waals surface area contributed by atoms with Gasteiger partial charge in [0, 0.05) is 12.2 Å². The zero-order valence-corrected chi connectivity index (χ0v) is 12.7. The molecule has 1 unspecified atom stereocenters. The molecule has 0 radical (unpaired) electrons. The normalized spacial score (nSPS) is 12.0. The molecule has 5 heteroatoms. The third kappa shape index (κ3) is 4.40. The van der Waals surface area contributed by atoms with Crippen molar-refractivity contribution in [2.45, 2.75) is 53.1 Å². The van der Waals surface area contributed by atoms with Crippen molar-refractivity contribution < 1.29 is 14.3 Å². The predicted molar refractivity (Wildman–Crippen MR) is 77.6 cm³/mol. The van der Waals surface area contributed by atoms with Crippen LogP contribution in [0.3, 0.4) is 0 Å². The number of hydrogen-bond acceptors (Lipinski definition) is 3. The highest BCUT2D eigenvalue weighted by Gasteiger charge is 2.17. The van der Waals surface area contributed by atoms with Gasteiger partial charge in [0.15, 0.2) is 0 Å². The summed E-state index contributed by atoms with van der Waals surface area (Å²) in [5.41, 5.74) is 1.27. The molecule has 0 fully saturated rings. The highest BCUT2D eigenvalue weighted by atomic mass is 16.5. The molecule has 0 aliphatic heterocycles. The smallest absolute Gasteiger partial charge is 0.355 e. The van der Waals surface area contributed by atoms with E-state index in [1.807, 2.05) is 19.9 Å². The zero-order chi connectivity index (χ0) is 15.1. The van der Waals surface area contributed by atoms with Crippen LogP contribution in [0.4, 0.5) is 0 Å². The van der Waals surface area contributed by atoms with Crippen molar-refractivity contribution in [3.63, 3.8) is 0 Å². The monoisotopic (exact) mass is 280 g/mol. The van der Waals surface area contributed by atoms with Crippen molar-refractivity contribution >= 4 is 11.9 Å². The Hall–Kier alpha value is -1.78. The number of aromatic nitrogens is 1. The molecule has 0 aliphatic carbocycles. The Kier molecular flexibility index (Phi) is 6.28. The number of carbonyl (C=O) groups is 2. The maximum atomic E-state index is 12.0. The number of carbonyl (C=O) groups excluding carboxylic acids is 2. The lowest BCUT2D eigenvalue weighted by atomic mass is 10.2. The lowest BCUT2D eigenvalue weighted by Crippen LogP contribution is -2.35. The number of nitrogens with zero attached hydrogens (tertiary/aromatic N) is 1. The summed E-state index contributed by atoms with van der Waals surface area (Å²) in [7, 11) is 0. The third-order valence-electron chi connectivity index (χ3n) is 3.08. The molecule has 1 rings (SSSR count). The maximum Gasteiger partial charge on any atom is 0.355 e. The van der Waals surface area contributed by atoms with Gasteiger partial charge >= 0.3 is 5.97 Å². The standard InChI is InChI=1S/C15H24N2O3/c1-5-7-12(4)16-13(18)10-17-9-8-11(3)14(17)15(19)20-6-2/h8-9,12H,5-7,10H2,1-4H3,(H,16,18). The van der Waals surface area contributed by atoms with Crippen LogP contribution >= 0.6 is 0 Å². The first kappa shape index (κ1) is 16.3. The number of amides is 1. The minimum Gasteiger partial charge on any atom is -0.461 e. The number of aryl methyl sites for hydroxylation is 1. The van der Waals surface area contributed by atoms with Gasteiger partial charge in [-0.1, -0.05) is 13.3 Å². The van der Waals surface area contributed by atoms with E-state index in [0.29, 0.717) is 12.3 Å². The van der Waals surface area contributed by atoms with Crippen molar-refractivity contribution in [1.82, 2.24) is 9.88 Å². The molecule has 0 aromatic carbocycles. The topological polar surface area (TPSA) is 60.3 Å². The van der Waals surface area contributed by atoms with E-state index in [1.165, 1.54) is 0 Å². The molecule has 112 valence electrons. The summed E-state index contributed by atoms with van der Waals surface area (Å²) in [6.45, 7) is 8.12. The average Bonchev–Trinajstić information content (AvgIpc) is 2.70. The van der Waals surface area contributed by atoms with E-state index < -0.39 is 0 Å². The van der Waals surface area contributed by atoms with E-state index in [-0.39, 0.29) is 24.5 Å². The molecule has 20 heavy (non-hydrogen) atoms. The third-order valence-corrected chi connectivity index (χ3v) is 3.08. The minimum atomic E-state index is -0.385. The maximum absolute atomic E-state index is 12.0. The van der Waals surface area contributed by atoms with Crippen LogP contribution in [0, 0.1) is 6.92 Å². The van der Waals surface area contributed by atoms with Crippen LogP contribution in [0.1, 0.15) is 49.7 Å². The lowest BCUT2D eigenvalue weighted by Gasteiger charge is -2.14. The molecule has 1 heterocycles. The Morgan fingerprint density at radius 1 is 1.40 bits per heavy atom. The SMILES string of the molecule is CCCC(C)NC(=O)Cn1ccc(C)c1C(=O)OCC. The number of esters is 1. The fourth-order valence-corrected chi connectivity index (χ4v) is 2.17. The van der Waals surface area contributed by atoms with E-state index in [9.17, 15) is 9.59 Å². The molecule has 0 saturated carbocycles. The predicted octanol–water partition coefficient (Wildman–Crippen LogP) is 2.28. The Morgan fingerprint density at radius 3 is 2.70 bits per heavy atom. The van der Waals surface area contributed by atoms with E-state index in [2.05, 4.69) is 12.2 Å². The first-order valence-corrected chi connectivity index (χ1v) is 7.11. The van der Waals surface area contributed by atoms with E-state index in [4.69, 9.17) is 4.74 Å². The molecule has 0 bridgehead atoms. The van der Waals surface area contributed by atoms with Crippen LogP contribution in [0.25, 0.3) is 0 Å². The molecular weight excluding hydrogens is 256 g/mol. The van der Waals surface area contributed by atoms with Crippen LogP contribution < -0.4 is 5.32 Å². The van der Waals surface area contributed by atoms with Gasteiger partial charge in [-0.2, -0.15) is 0 Å². The largest absolute Gasteiger partial charge is 0.461 e. The van der Waals surface area contributed by atoms with Crippen LogP contribution in [0.2, 0.25) is 0 Å². The summed E-state index contributed by atoms with van der Waals surface area (Å²) in [5.74, 6) is -0.475. The summed E-state index contributed by atoms with van der Waals surface area (Å²) in [5, 5.41) is 2.92. The van der Waals surface area contributed by atoms with Crippen LogP contribution in [-0.4, -0.2) is 29.1 Å². The Labute approximate surface area is 120 Å². The zero-order valence-electron chi connectivity index (χ0n) is 12.7. The van der Waals surface area contributed by atoms with Gasteiger partial charge in [-0.25, -0.2) is 4.79 Å². The molecule has 1 amide bonds.